The topological polar surface area (TPSA) is 65.2 Å². The highest BCUT2D eigenvalue weighted by Crippen LogP contribution is 2.30. The Balaban J connectivity index is 2.49. The minimum Gasteiger partial charge on any atom is -0.464 e. The third-order valence-electron chi connectivity index (χ3n) is 2.42. The van der Waals surface area contributed by atoms with E-state index in [1.165, 1.54) is 0 Å². The summed E-state index contributed by atoms with van der Waals surface area (Å²) in [5.74, 6) is 1.61. The lowest BCUT2D eigenvalue weighted by molar-refractivity contribution is 0.393. The number of nitrogens with zero attached hydrogens (tertiary/aromatic N) is 1. The Labute approximate surface area is 88.0 Å². The maximum Gasteiger partial charge on any atom is 0.144 e. The number of hydrogen-bond donors (Lipinski definition) is 1. The van der Waals surface area contributed by atoms with Crippen LogP contribution in [0.15, 0.2) is 21.3 Å². The van der Waals surface area contributed by atoms with E-state index in [0.717, 1.165) is 34.8 Å². The van der Waals surface area contributed by atoms with Crippen LogP contribution >= 0.6 is 0 Å². The van der Waals surface area contributed by atoms with Crippen molar-refractivity contribution in [3.05, 3.63) is 29.3 Å². The van der Waals surface area contributed by atoms with E-state index < -0.39 is 0 Å². The summed E-state index contributed by atoms with van der Waals surface area (Å²) in [6.07, 6.45) is 2.47. The Bertz CT molecular complexity index is 437. The summed E-state index contributed by atoms with van der Waals surface area (Å²) in [5, 5.41) is 3.91. The number of aryl methyl sites for hydroxylation is 2. The lowest BCUT2D eigenvalue weighted by atomic mass is 10.1. The van der Waals surface area contributed by atoms with Gasteiger partial charge < -0.3 is 14.7 Å². The number of aromatic nitrogens is 1. The second-order valence-electron chi connectivity index (χ2n) is 3.51. The van der Waals surface area contributed by atoms with Gasteiger partial charge in [0.25, 0.3) is 0 Å². The number of nitrogens with two attached hydrogens (primary N) is 1. The molecule has 0 unspecified atom stereocenters. The first kappa shape index (κ1) is 9.98. The molecule has 4 heteroatoms. The second kappa shape index (κ2) is 3.90. The van der Waals surface area contributed by atoms with Crippen LogP contribution in [0.25, 0.3) is 11.3 Å². The van der Waals surface area contributed by atoms with Crippen LogP contribution in [-0.2, 0) is 6.42 Å². The van der Waals surface area contributed by atoms with Gasteiger partial charge >= 0.3 is 0 Å². The Kier molecular flexibility index (Phi) is 2.60. The van der Waals surface area contributed by atoms with Gasteiger partial charge in [0, 0.05) is 0 Å². The van der Waals surface area contributed by atoms with Crippen molar-refractivity contribution in [1.82, 2.24) is 5.16 Å². The zero-order valence-electron chi connectivity index (χ0n) is 8.91. The fourth-order valence-electron chi connectivity index (χ4n) is 1.71. The van der Waals surface area contributed by atoms with E-state index >= 15 is 0 Å². The van der Waals surface area contributed by atoms with Gasteiger partial charge in [-0.3, -0.25) is 0 Å². The van der Waals surface area contributed by atoms with Crippen LogP contribution in [-0.4, -0.2) is 11.7 Å². The van der Waals surface area contributed by atoms with Crippen LogP contribution in [0.5, 0.6) is 0 Å². The quantitative estimate of drug-likeness (QED) is 0.834. The maximum atomic E-state index is 5.54. The average molecular weight is 206 g/mol. The van der Waals surface area contributed by atoms with E-state index in [0.29, 0.717) is 6.54 Å². The Morgan fingerprint density at radius 3 is 2.80 bits per heavy atom. The van der Waals surface area contributed by atoms with Gasteiger partial charge in [-0.2, -0.15) is 0 Å². The highest BCUT2D eigenvalue weighted by molar-refractivity contribution is 5.65. The monoisotopic (exact) mass is 206 g/mol. The van der Waals surface area contributed by atoms with Crippen LogP contribution in [0.4, 0.5) is 0 Å². The van der Waals surface area contributed by atoms with Crippen molar-refractivity contribution >= 4 is 0 Å². The van der Waals surface area contributed by atoms with Gasteiger partial charge in [-0.05, 0) is 38.4 Å². The molecular formula is C11H14N2O2. The molecule has 0 aliphatic heterocycles. The first-order valence-electron chi connectivity index (χ1n) is 4.93. The van der Waals surface area contributed by atoms with E-state index in [4.69, 9.17) is 14.7 Å². The third-order valence-corrected chi connectivity index (χ3v) is 2.42. The van der Waals surface area contributed by atoms with E-state index in [1.54, 1.807) is 6.26 Å². The van der Waals surface area contributed by atoms with Gasteiger partial charge in [0.1, 0.15) is 11.5 Å². The van der Waals surface area contributed by atoms with Crippen molar-refractivity contribution in [3.8, 4) is 11.3 Å². The zero-order chi connectivity index (χ0) is 10.8. The Hall–Kier alpha value is -1.55. The summed E-state index contributed by atoms with van der Waals surface area (Å²) in [5.41, 5.74) is 8.44. The van der Waals surface area contributed by atoms with Crippen molar-refractivity contribution in [1.29, 1.82) is 0 Å². The molecule has 2 N–H and O–H groups in total. The van der Waals surface area contributed by atoms with Crippen molar-refractivity contribution < 1.29 is 8.94 Å². The molecule has 2 rings (SSSR count). The minimum absolute atomic E-state index is 0.607. The molecule has 0 atom stereocenters. The summed E-state index contributed by atoms with van der Waals surface area (Å²) < 4.78 is 10.6. The van der Waals surface area contributed by atoms with E-state index in [1.807, 2.05) is 19.9 Å². The molecule has 2 aromatic rings. The van der Waals surface area contributed by atoms with Gasteiger partial charge in [-0.1, -0.05) is 5.16 Å². The van der Waals surface area contributed by atoms with Gasteiger partial charge in [0.2, 0.25) is 0 Å². The predicted molar refractivity (Wildman–Crippen MR) is 56.4 cm³/mol. The second-order valence-corrected chi connectivity index (χ2v) is 3.51. The largest absolute Gasteiger partial charge is 0.464 e. The van der Waals surface area contributed by atoms with Crippen LogP contribution in [0, 0.1) is 13.8 Å². The van der Waals surface area contributed by atoms with E-state index in [9.17, 15) is 0 Å². The molecule has 0 saturated carbocycles. The van der Waals surface area contributed by atoms with Crippen molar-refractivity contribution in [2.24, 2.45) is 5.73 Å². The summed E-state index contributed by atoms with van der Waals surface area (Å²) in [6, 6.07) is 1.94. The summed E-state index contributed by atoms with van der Waals surface area (Å²) >= 11 is 0. The molecule has 0 amide bonds. The van der Waals surface area contributed by atoms with Gasteiger partial charge in [0.15, 0.2) is 0 Å². The van der Waals surface area contributed by atoms with Crippen molar-refractivity contribution in [3.63, 3.8) is 0 Å². The smallest absolute Gasteiger partial charge is 0.144 e. The van der Waals surface area contributed by atoms with Gasteiger partial charge in [-0.25, -0.2) is 0 Å². The minimum atomic E-state index is 0.607. The van der Waals surface area contributed by atoms with Gasteiger partial charge in [0.05, 0.1) is 17.5 Å². The van der Waals surface area contributed by atoms with Crippen LogP contribution < -0.4 is 5.73 Å². The molecule has 4 nitrogen and oxygen atoms in total. The van der Waals surface area contributed by atoms with Crippen LogP contribution in [0.1, 0.15) is 17.0 Å². The average Bonchev–Trinajstić information content (AvgIpc) is 2.75. The summed E-state index contributed by atoms with van der Waals surface area (Å²) in [6.45, 7) is 4.39. The molecule has 0 spiro atoms. The molecule has 2 heterocycles. The SMILES string of the molecule is Cc1noc(C)c1-c1occc1CCN. The molecule has 0 aliphatic carbocycles. The Morgan fingerprint density at radius 1 is 1.40 bits per heavy atom. The highest BCUT2D eigenvalue weighted by atomic mass is 16.5. The fraction of sp³-hybridized carbons (Fsp3) is 0.364. The fourth-order valence-corrected chi connectivity index (χ4v) is 1.71. The number of rotatable bonds is 3. The van der Waals surface area contributed by atoms with E-state index in [2.05, 4.69) is 5.16 Å². The first-order chi connectivity index (χ1) is 7.24. The standard InChI is InChI=1S/C11H14N2O2/c1-7-10(8(2)15-13-7)11-9(3-5-12)4-6-14-11/h4,6H,3,5,12H2,1-2H3. The molecule has 0 radical (unpaired) electrons. The molecule has 0 bridgehead atoms. The van der Waals surface area contributed by atoms with Gasteiger partial charge in [-0.15, -0.1) is 0 Å². The first-order valence-corrected chi connectivity index (χ1v) is 4.93. The highest BCUT2D eigenvalue weighted by Gasteiger charge is 2.17. The Morgan fingerprint density at radius 2 is 2.20 bits per heavy atom. The summed E-state index contributed by atoms with van der Waals surface area (Å²) in [4.78, 5) is 0. The molecular weight excluding hydrogens is 192 g/mol. The lowest BCUT2D eigenvalue weighted by Crippen LogP contribution is -2.02. The third kappa shape index (κ3) is 1.68. The maximum absolute atomic E-state index is 5.54. The molecule has 0 saturated heterocycles. The molecule has 15 heavy (non-hydrogen) atoms. The molecule has 2 aromatic heterocycles. The molecule has 0 aromatic carbocycles. The van der Waals surface area contributed by atoms with Crippen molar-refractivity contribution in [2.45, 2.75) is 20.3 Å². The zero-order valence-corrected chi connectivity index (χ0v) is 8.91. The summed E-state index contributed by atoms with van der Waals surface area (Å²) in [7, 11) is 0. The number of furan rings is 1. The molecule has 0 aliphatic rings. The van der Waals surface area contributed by atoms with Crippen LogP contribution in [0.2, 0.25) is 0 Å². The predicted octanol–water partition coefficient (Wildman–Crippen LogP) is 2.05. The van der Waals surface area contributed by atoms with E-state index in [-0.39, 0.29) is 0 Å². The molecule has 0 fully saturated rings. The van der Waals surface area contributed by atoms with Crippen LogP contribution in [0.3, 0.4) is 0 Å². The van der Waals surface area contributed by atoms with Crippen molar-refractivity contribution in [2.75, 3.05) is 6.54 Å². The lowest BCUT2D eigenvalue weighted by Gasteiger charge is -1.99. The normalized spacial score (nSPS) is 10.9. The number of hydrogen-bond acceptors (Lipinski definition) is 4. The molecule has 80 valence electrons.